The molecule has 2 unspecified atom stereocenters. The molecular weight excluding hydrogens is 286 g/mol. The van der Waals surface area contributed by atoms with Gasteiger partial charge in [-0.2, -0.15) is 0 Å². The number of nitrogens with one attached hydrogen (secondary N) is 2. The maximum atomic E-state index is 11.8. The molecule has 1 aliphatic rings. The summed E-state index contributed by atoms with van der Waals surface area (Å²) in [5.41, 5.74) is 1.15. The lowest BCUT2D eigenvalue weighted by atomic mass is 10.1. The number of carbonyl (C=O) groups excluding carboxylic acids is 1. The van der Waals surface area contributed by atoms with Crippen LogP contribution in [0.1, 0.15) is 24.8 Å². The molecule has 7 heteroatoms. The number of carbonyl (C=O) groups is 1. The van der Waals surface area contributed by atoms with Crippen LogP contribution in [0.4, 0.5) is 5.69 Å². The number of unbranched alkanes of at least 4 members (excludes halogenated alkanes) is 1. The molecule has 1 aromatic carbocycles. The van der Waals surface area contributed by atoms with Gasteiger partial charge in [0.25, 0.3) is 5.69 Å². The zero-order chi connectivity index (χ0) is 15.9. The molecule has 0 radical (unpaired) electrons. The third kappa shape index (κ3) is 4.78. The van der Waals surface area contributed by atoms with Gasteiger partial charge in [0.2, 0.25) is 5.91 Å². The Morgan fingerprint density at radius 1 is 1.36 bits per heavy atom. The Bertz CT molecular complexity index is 518. The molecule has 1 aromatic rings. The van der Waals surface area contributed by atoms with E-state index >= 15 is 0 Å². The van der Waals surface area contributed by atoms with Crippen molar-refractivity contribution in [2.45, 2.75) is 37.8 Å². The summed E-state index contributed by atoms with van der Waals surface area (Å²) in [6, 6.07) is 6.26. The van der Waals surface area contributed by atoms with Crippen LogP contribution in [-0.4, -0.2) is 41.2 Å². The smallest absolute Gasteiger partial charge is 0.269 e. The molecule has 0 aromatic heterocycles. The molecule has 3 N–H and O–H groups in total. The number of β-amino-alcohol motifs (C(OH)–C–C–N with tert-alkyl or cyclic N) is 1. The van der Waals surface area contributed by atoms with Crippen LogP contribution in [-0.2, 0) is 11.2 Å². The first-order valence-corrected chi connectivity index (χ1v) is 7.49. The predicted octanol–water partition coefficient (Wildman–Crippen LogP) is 0.756. The number of aliphatic hydroxyl groups excluding tert-OH is 1. The van der Waals surface area contributed by atoms with E-state index < -0.39 is 11.0 Å². The van der Waals surface area contributed by atoms with Gasteiger partial charge in [-0.25, -0.2) is 0 Å². The van der Waals surface area contributed by atoms with Crippen LogP contribution in [0.3, 0.4) is 0 Å². The third-order valence-electron chi connectivity index (χ3n) is 3.76. The number of nitrogens with zero attached hydrogens (tertiary/aromatic N) is 1. The van der Waals surface area contributed by atoms with Gasteiger partial charge in [0, 0.05) is 25.2 Å². The molecule has 2 atom stereocenters. The largest absolute Gasteiger partial charge is 0.392 e. The molecule has 7 nitrogen and oxygen atoms in total. The summed E-state index contributed by atoms with van der Waals surface area (Å²) in [4.78, 5) is 21.9. The Morgan fingerprint density at radius 3 is 2.68 bits per heavy atom. The van der Waals surface area contributed by atoms with E-state index in [-0.39, 0.29) is 17.6 Å². The maximum Gasteiger partial charge on any atom is 0.269 e. The van der Waals surface area contributed by atoms with E-state index in [4.69, 9.17) is 0 Å². The number of non-ortho nitro benzene ring substituents is 1. The average Bonchev–Trinajstić information content (AvgIpc) is 2.94. The Labute approximate surface area is 128 Å². The second kappa shape index (κ2) is 7.86. The van der Waals surface area contributed by atoms with Crippen LogP contribution in [0.25, 0.3) is 0 Å². The van der Waals surface area contributed by atoms with Crippen molar-refractivity contribution < 1.29 is 14.8 Å². The van der Waals surface area contributed by atoms with Crippen molar-refractivity contribution in [3.05, 3.63) is 39.9 Å². The molecule has 2 rings (SSSR count). The average molecular weight is 307 g/mol. The summed E-state index contributed by atoms with van der Waals surface area (Å²) < 4.78 is 0. The molecule has 22 heavy (non-hydrogen) atoms. The zero-order valence-electron chi connectivity index (χ0n) is 12.3. The number of hydrogen-bond acceptors (Lipinski definition) is 5. The van der Waals surface area contributed by atoms with Gasteiger partial charge in [0.05, 0.1) is 17.1 Å². The van der Waals surface area contributed by atoms with E-state index in [1.54, 1.807) is 12.1 Å². The molecule has 0 spiro atoms. The minimum Gasteiger partial charge on any atom is -0.392 e. The maximum absolute atomic E-state index is 11.8. The fraction of sp³-hybridized carbons (Fsp3) is 0.533. The van der Waals surface area contributed by atoms with Crippen molar-refractivity contribution in [2.75, 3.05) is 13.1 Å². The second-order valence-electron chi connectivity index (χ2n) is 5.52. The Kier molecular flexibility index (Phi) is 5.85. The number of benzene rings is 1. The molecular formula is C15H21N3O4. The molecule has 1 amide bonds. The highest BCUT2D eigenvalue weighted by Crippen LogP contribution is 2.13. The van der Waals surface area contributed by atoms with Gasteiger partial charge in [-0.3, -0.25) is 14.9 Å². The first kappa shape index (κ1) is 16.4. The quantitative estimate of drug-likeness (QED) is 0.392. The van der Waals surface area contributed by atoms with Crippen LogP contribution >= 0.6 is 0 Å². The lowest BCUT2D eigenvalue weighted by Crippen LogP contribution is -2.40. The fourth-order valence-corrected chi connectivity index (χ4v) is 2.49. The fourth-order valence-electron chi connectivity index (χ4n) is 2.49. The second-order valence-corrected chi connectivity index (χ2v) is 5.52. The van der Waals surface area contributed by atoms with Crippen LogP contribution in [0.2, 0.25) is 0 Å². The van der Waals surface area contributed by atoms with E-state index in [9.17, 15) is 20.0 Å². The van der Waals surface area contributed by atoms with Crippen molar-refractivity contribution in [3.8, 4) is 0 Å². The molecule has 0 bridgehead atoms. The highest BCUT2D eigenvalue weighted by molar-refractivity contribution is 5.82. The number of nitro benzene ring substituents is 1. The molecule has 1 fully saturated rings. The van der Waals surface area contributed by atoms with E-state index in [0.29, 0.717) is 19.5 Å². The number of aliphatic hydroxyl groups is 1. The van der Waals surface area contributed by atoms with Gasteiger partial charge < -0.3 is 15.7 Å². The van der Waals surface area contributed by atoms with Gasteiger partial charge in [-0.1, -0.05) is 12.1 Å². The van der Waals surface area contributed by atoms with Crippen LogP contribution < -0.4 is 10.6 Å². The Balaban J connectivity index is 1.61. The number of amides is 1. The van der Waals surface area contributed by atoms with Crippen molar-refractivity contribution in [3.63, 3.8) is 0 Å². The number of nitro groups is 1. The SMILES string of the molecule is O=C(NCCCCc1ccc([N+](=O)[O-])cc1)C1CC(O)CN1. The summed E-state index contributed by atoms with van der Waals surface area (Å²) in [6.45, 7) is 1.07. The highest BCUT2D eigenvalue weighted by Gasteiger charge is 2.27. The van der Waals surface area contributed by atoms with Crippen molar-refractivity contribution in [2.24, 2.45) is 0 Å². The summed E-state index contributed by atoms with van der Waals surface area (Å²) in [5.74, 6) is -0.0631. The lowest BCUT2D eigenvalue weighted by molar-refractivity contribution is -0.384. The van der Waals surface area contributed by atoms with Gasteiger partial charge in [-0.05, 0) is 31.2 Å². The monoisotopic (exact) mass is 307 g/mol. The minimum absolute atomic E-state index is 0.0631. The van der Waals surface area contributed by atoms with E-state index in [1.165, 1.54) is 12.1 Å². The number of aryl methyl sites for hydroxylation is 1. The number of rotatable bonds is 7. The van der Waals surface area contributed by atoms with Gasteiger partial charge in [0.15, 0.2) is 0 Å². The van der Waals surface area contributed by atoms with E-state index in [2.05, 4.69) is 10.6 Å². The Morgan fingerprint density at radius 2 is 2.09 bits per heavy atom. The highest BCUT2D eigenvalue weighted by atomic mass is 16.6. The predicted molar refractivity (Wildman–Crippen MR) is 81.5 cm³/mol. The topological polar surface area (TPSA) is 104 Å². The van der Waals surface area contributed by atoms with Crippen LogP contribution in [0.15, 0.2) is 24.3 Å². The molecule has 1 heterocycles. The molecule has 1 saturated heterocycles. The molecule has 0 aliphatic carbocycles. The molecule has 1 aliphatic heterocycles. The summed E-state index contributed by atoms with van der Waals surface area (Å²) in [7, 11) is 0. The van der Waals surface area contributed by atoms with Crippen molar-refractivity contribution in [1.29, 1.82) is 0 Å². The summed E-state index contributed by atoms with van der Waals surface area (Å²) >= 11 is 0. The Hall–Kier alpha value is -1.99. The normalized spacial score (nSPS) is 20.8. The van der Waals surface area contributed by atoms with Gasteiger partial charge in [0.1, 0.15) is 0 Å². The van der Waals surface area contributed by atoms with E-state index in [1.807, 2.05) is 0 Å². The standard InChI is InChI=1S/C15H21N3O4/c19-13-9-14(17-10-13)15(20)16-8-2-1-3-11-4-6-12(7-5-11)18(21)22/h4-7,13-14,17,19H,1-3,8-10H2,(H,16,20). The third-order valence-corrected chi connectivity index (χ3v) is 3.76. The van der Waals surface area contributed by atoms with Crippen molar-refractivity contribution >= 4 is 11.6 Å². The van der Waals surface area contributed by atoms with E-state index in [0.717, 1.165) is 24.8 Å². The van der Waals surface area contributed by atoms with Gasteiger partial charge in [-0.15, -0.1) is 0 Å². The first-order valence-electron chi connectivity index (χ1n) is 7.49. The summed E-state index contributed by atoms with van der Waals surface area (Å²) in [5, 5.41) is 25.7. The molecule has 0 saturated carbocycles. The summed E-state index contributed by atoms with van der Waals surface area (Å²) in [6.07, 6.45) is 2.61. The number of hydrogen-bond donors (Lipinski definition) is 3. The zero-order valence-corrected chi connectivity index (χ0v) is 12.3. The molecule has 120 valence electrons. The minimum atomic E-state index is -0.433. The first-order chi connectivity index (χ1) is 10.6. The van der Waals surface area contributed by atoms with Gasteiger partial charge >= 0.3 is 0 Å². The van der Waals surface area contributed by atoms with Crippen molar-refractivity contribution in [1.82, 2.24) is 10.6 Å². The van der Waals surface area contributed by atoms with Crippen LogP contribution in [0, 0.1) is 10.1 Å². The lowest BCUT2D eigenvalue weighted by Gasteiger charge is -2.10. The van der Waals surface area contributed by atoms with Crippen LogP contribution in [0.5, 0.6) is 0 Å².